The molecule has 0 radical (unpaired) electrons. The summed E-state index contributed by atoms with van der Waals surface area (Å²) >= 11 is 11.9. The van der Waals surface area contributed by atoms with Crippen molar-refractivity contribution in [2.24, 2.45) is 0 Å². The van der Waals surface area contributed by atoms with Crippen molar-refractivity contribution in [3.05, 3.63) is 46.3 Å². The van der Waals surface area contributed by atoms with Gasteiger partial charge in [-0.1, -0.05) is 23.2 Å². The zero-order valence-electron chi connectivity index (χ0n) is 9.28. The highest BCUT2D eigenvalue weighted by Gasteiger charge is 2.10. The number of nitrogen functional groups attached to an aromatic ring is 1. The van der Waals surface area contributed by atoms with Gasteiger partial charge in [0.15, 0.2) is 0 Å². The fourth-order valence-corrected chi connectivity index (χ4v) is 1.93. The summed E-state index contributed by atoms with van der Waals surface area (Å²) in [6, 6.07) is 7.16. The summed E-state index contributed by atoms with van der Waals surface area (Å²) in [6.07, 6.45) is 1.64. The van der Waals surface area contributed by atoms with Crippen molar-refractivity contribution in [1.29, 1.82) is 0 Å². The first-order valence-electron chi connectivity index (χ1n) is 5.06. The predicted octanol–water partition coefficient (Wildman–Crippen LogP) is 3.81. The van der Waals surface area contributed by atoms with Gasteiger partial charge in [-0.15, -0.1) is 0 Å². The Kier molecular flexibility index (Phi) is 3.50. The van der Waals surface area contributed by atoms with Crippen LogP contribution in [0.25, 0.3) is 0 Å². The van der Waals surface area contributed by atoms with Crippen molar-refractivity contribution >= 4 is 34.6 Å². The lowest BCUT2D eigenvalue weighted by Crippen LogP contribution is -2.17. The van der Waals surface area contributed by atoms with Gasteiger partial charge in [0, 0.05) is 7.05 Å². The van der Waals surface area contributed by atoms with Crippen molar-refractivity contribution in [2.75, 3.05) is 17.7 Å². The van der Waals surface area contributed by atoms with Gasteiger partial charge in [0.1, 0.15) is 5.76 Å². The average molecular weight is 271 g/mol. The van der Waals surface area contributed by atoms with E-state index in [0.29, 0.717) is 22.3 Å². The van der Waals surface area contributed by atoms with E-state index in [-0.39, 0.29) is 0 Å². The highest BCUT2D eigenvalue weighted by atomic mass is 35.5. The van der Waals surface area contributed by atoms with Crippen LogP contribution in [-0.4, -0.2) is 7.05 Å². The summed E-state index contributed by atoms with van der Waals surface area (Å²) in [7, 11) is 1.92. The van der Waals surface area contributed by atoms with Crippen LogP contribution in [0.2, 0.25) is 10.0 Å². The summed E-state index contributed by atoms with van der Waals surface area (Å²) in [5.74, 6) is 0.859. The summed E-state index contributed by atoms with van der Waals surface area (Å²) in [6.45, 7) is 0.620. The topological polar surface area (TPSA) is 42.4 Å². The lowest BCUT2D eigenvalue weighted by Gasteiger charge is -2.20. The molecular formula is C12H12Cl2N2O. The van der Waals surface area contributed by atoms with Crippen molar-refractivity contribution in [3.8, 4) is 0 Å². The van der Waals surface area contributed by atoms with Crippen molar-refractivity contribution in [1.82, 2.24) is 0 Å². The molecule has 1 aromatic heterocycles. The van der Waals surface area contributed by atoms with Crippen LogP contribution in [0.4, 0.5) is 11.4 Å². The molecule has 0 atom stereocenters. The second-order valence-electron chi connectivity index (χ2n) is 3.76. The van der Waals surface area contributed by atoms with Crippen LogP contribution in [0.5, 0.6) is 0 Å². The van der Waals surface area contributed by atoms with Crippen LogP contribution in [0, 0.1) is 0 Å². The van der Waals surface area contributed by atoms with Crippen LogP contribution in [0.1, 0.15) is 5.76 Å². The van der Waals surface area contributed by atoms with Gasteiger partial charge >= 0.3 is 0 Å². The molecule has 0 aliphatic rings. The largest absolute Gasteiger partial charge is 0.467 e. The fourth-order valence-electron chi connectivity index (χ4n) is 1.60. The number of furan rings is 1. The standard InChI is InChI=1S/C12H12Cl2N2O/c1-16(7-8-3-2-4-17-8)12-6-10(14)9(13)5-11(12)15/h2-6H,7,15H2,1H3. The number of benzene rings is 1. The molecule has 17 heavy (non-hydrogen) atoms. The monoisotopic (exact) mass is 270 g/mol. The highest BCUT2D eigenvalue weighted by Crippen LogP contribution is 2.33. The van der Waals surface area contributed by atoms with Crippen LogP contribution >= 0.6 is 23.2 Å². The maximum atomic E-state index is 5.97. The quantitative estimate of drug-likeness (QED) is 0.863. The third kappa shape index (κ3) is 2.68. The normalized spacial score (nSPS) is 10.5. The smallest absolute Gasteiger partial charge is 0.123 e. The summed E-state index contributed by atoms with van der Waals surface area (Å²) in [5, 5.41) is 0.946. The Labute approximate surface area is 110 Å². The zero-order chi connectivity index (χ0) is 12.4. The SMILES string of the molecule is CN(Cc1ccco1)c1cc(Cl)c(Cl)cc1N. The van der Waals surface area contributed by atoms with Crippen molar-refractivity contribution < 1.29 is 4.42 Å². The van der Waals surface area contributed by atoms with Gasteiger partial charge in [-0.05, 0) is 24.3 Å². The van der Waals surface area contributed by atoms with Gasteiger partial charge in [0.05, 0.1) is 34.2 Å². The molecule has 90 valence electrons. The number of hydrogen-bond donors (Lipinski definition) is 1. The predicted molar refractivity (Wildman–Crippen MR) is 71.7 cm³/mol. The Bertz CT molecular complexity index is 511. The first-order chi connectivity index (χ1) is 8.08. The first-order valence-corrected chi connectivity index (χ1v) is 5.81. The van der Waals surface area contributed by atoms with Crippen LogP contribution in [-0.2, 0) is 6.54 Å². The van der Waals surface area contributed by atoms with Gasteiger partial charge in [-0.3, -0.25) is 0 Å². The molecule has 0 saturated heterocycles. The van der Waals surface area contributed by atoms with Gasteiger partial charge in [0.2, 0.25) is 0 Å². The molecule has 0 fully saturated rings. The van der Waals surface area contributed by atoms with Crippen molar-refractivity contribution in [3.63, 3.8) is 0 Å². The maximum Gasteiger partial charge on any atom is 0.123 e. The molecule has 2 aromatic rings. The fraction of sp³-hybridized carbons (Fsp3) is 0.167. The highest BCUT2D eigenvalue weighted by molar-refractivity contribution is 6.42. The molecule has 2 N–H and O–H groups in total. The first kappa shape index (κ1) is 12.1. The second kappa shape index (κ2) is 4.90. The van der Waals surface area contributed by atoms with E-state index in [9.17, 15) is 0 Å². The average Bonchev–Trinajstić information content (AvgIpc) is 2.76. The molecule has 0 aliphatic carbocycles. The third-order valence-electron chi connectivity index (χ3n) is 2.45. The minimum absolute atomic E-state index is 0.458. The molecule has 0 bridgehead atoms. The van der Waals surface area contributed by atoms with Gasteiger partial charge in [-0.25, -0.2) is 0 Å². The number of hydrogen-bond acceptors (Lipinski definition) is 3. The Balaban J connectivity index is 2.24. The molecule has 0 unspecified atom stereocenters. The Morgan fingerprint density at radius 1 is 1.29 bits per heavy atom. The van der Waals surface area contributed by atoms with E-state index in [2.05, 4.69) is 0 Å². The van der Waals surface area contributed by atoms with E-state index in [4.69, 9.17) is 33.4 Å². The van der Waals surface area contributed by atoms with Gasteiger partial charge in [0.25, 0.3) is 0 Å². The van der Waals surface area contributed by atoms with E-state index >= 15 is 0 Å². The van der Waals surface area contributed by atoms with E-state index in [0.717, 1.165) is 11.4 Å². The van der Waals surface area contributed by atoms with Crippen LogP contribution in [0.3, 0.4) is 0 Å². The molecule has 3 nitrogen and oxygen atoms in total. The minimum Gasteiger partial charge on any atom is -0.467 e. The molecule has 0 spiro atoms. The Morgan fingerprint density at radius 2 is 2.00 bits per heavy atom. The molecule has 0 amide bonds. The second-order valence-corrected chi connectivity index (χ2v) is 4.57. The summed E-state index contributed by atoms with van der Waals surface area (Å²) in [4.78, 5) is 1.95. The number of rotatable bonds is 3. The molecule has 2 rings (SSSR count). The third-order valence-corrected chi connectivity index (χ3v) is 3.18. The number of nitrogens with zero attached hydrogens (tertiary/aromatic N) is 1. The van der Waals surface area contributed by atoms with Crippen LogP contribution in [0.15, 0.2) is 34.9 Å². The van der Waals surface area contributed by atoms with E-state index in [1.54, 1.807) is 18.4 Å². The molecule has 0 aliphatic heterocycles. The zero-order valence-corrected chi connectivity index (χ0v) is 10.8. The summed E-state index contributed by atoms with van der Waals surface area (Å²) in [5.41, 5.74) is 7.33. The molecule has 0 saturated carbocycles. The molecular weight excluding hydrogens is 259 g/mol. The lowest BCUT2D eigenvalue weighted by atomic mass is 10.2. The number of anilines is 2. The van der Waals surface area contributed by atoms with Crippen molar-refractivity contribution in [2.45, 2.75) is 6.54 Å². The maximum absolute atomic E-state index is 5.97. The number of nitrogens with two attached hydrogens (primary N) is 1. The molecule has 1 heterocycles. The molecule has 1 aromatic carbocycles. The Morgan fingerprint density at radius 3 is 2.65 bits per heavy atom. The summed E-state index contributed by atoms with van der Waals surface area (Å²) < 4.78 is 5.28. The van der Waals surface area contributed by atoms with E-state index in [1.807, 2.05) is 24.1 Å². The van der Waals surface area contributed by atoms with E-state index in [1.165, 1.54) is 0 Å². The number of halogens is 2. The van der Waals surface area contributed by atoms with Crippen LogP contribution < -0.4 is 10.6 Å². The lowest BCUT2D eigenvalue weighted by molar-refractivity contribution is 0.507. The van der Waals surface area contributed by atoms with Gasteiger partial charge in [-0.2, -0.15) is 0 Å². The minimum atomic E-state index is 0.458. The molecule has 5 heteroatoms. The van der Waals surface area contributed by atoms with E-state index < -0.39 is 0 Å². The van der Waals surface area contributed by atoms with Gasteiger partial charge < -0.3 is 15.1 Å². The Hall–Kier alpha value is -1.32.